The molecule has 10 nitrogen and oxygen atoms in total. The van der Waals surface area contributed by atoms with Gasteiger partial charge < -0.3 is 29.7 Å². The molecular weight excluding hydrogens is 622 g/mol. The molecule has 2 aromatic rings. The molecule has 1 unspecified atom stereocenters. The summed E-state index contributed by atoms with van der Waals surface area (Å²) in [5.74, 6) is -3.48. The van der Waals surface area contributed by atoms with Crippen molar-refractivity contribution >= 4 is 23.7 Å². The summed E-state index contributed by atoms with van der Waals surface area (Å²) in [7, 11) is 0. The van der Waals surface area contributed by atoms with Crippen LogP contribution in [0.25, 0.3) is 0 Å². The zero-order valence-corrected chi connectivity index (χ0v) is 28.5. The first-order valence-corrected chi connectivity index (χ1v) is 17.4. The number of likely N-dealkylation sites (tertiary alicyclic amines) is 1. The van der Waals surface area contributed by atoms with Crippen molar-refractivity contribution in [2.24, 2.45) is 11.8 Å². The van der Waals surface area contributed by atoms with Gasteiger partial charge >= 0.3 is 5.97 Å². The van der Waals surface area contributed by atoms with Crippen molar-refractivity contribution in [2.75, 3.05) is 19.7 Å². The Hall–Kier alpha value is -4.28. The lowest BCUT2D eigenvalue weighted by Gasteiger charge is -2.41. The first-order valence-electron chi connectivity index (χ1n) is 17.4. The highest BCUT2D eigenvalue weighted by Gasteiger charge is 2.76. The third-order valence-electron chi connectivity index (χ3n) is 10.3. The highest BCUT2D eigenvalue weighted by Crippen LogP contribution is 2.60. The smallest absolute Gasteiger partial charge is 0.313 e. The molecular formula is C39H49N3O7. The molecule has 2 aromatic carbocycles. The summed E-state index contributed by atoms with van der Waals surface area (Å²) in [6, 6.07) is 16.2. The molecule has 0 saturated carbocycles. The quantitative estimate of drug-likeness (QED) is 0.185. The number of ether oxygens (including phenoxy) is 2. The maximum absolute atomic E-state index is 14.8. The number of hydrogen-bond acceptors (Lipinski definition) is 7. The molecule has 1 spiro atoms. The van der Waals surface area contributed by atoms with Gasteiger partial charge in [-0.2, -0.15) is 0 Å². The number of esters is 1. The molecule has 3 heterocycles. The van der Waals surface area contributed by atoms with Crippen LogP contribution in [0.15, 0.2) is 86.0 Å². The Morgan fingerprint density at radius 1 is 1.10 bits per heavy atom. The zero-order chi connectivity index (χ0) is 35.1. The SMILES string of the molecule is C=CCCC(=O)NC[C@H](OC(=O)[C@@H]1[C@@H]2CC[C@]3(O2)[C@H](C(=O)N(CC=C)C(C)CCC)N([C@H](CO)c2ccccc2)C(=O)[C@@H]13)c1ccccc1. The highest BCUT2D eigenvalue weighted by molar-refractivity contribution is 5.98. The van der Waals surface area contributed by atoms with Crippen LogP contribution in [-0.2, 0) is 28.7 Å². The van der Waals surface area contributed by atoms with Gasteiger partial charge in [-0.3, -0.25) is 19.2 Å². The van der Waals surface area contributed by atoms with Gasteiger partial charge in [0.1, 0.15) is 17.7 Å². The molecule has 3 aliphatic rings. The second kappa shape index (κ2) is 16.0. The van der Waals surface area contributed by atoms with Crippen LogP contribution < -0.4 is 5.32 Å². The van der Waals surface area contributed by atoms with Crippen LogP contribution in [0.4, 0.5) is 0 Å². The van der Waals surface area contributed by atoms with Crippen molar-refractivity contribution in [3.63, 3.8) is 0 Å². The molecule has 262 valence electrons. The minimum atomic E-state index is -1.28. The second-order valence-electron chi connectivity index (χ2n) is 13.3. The molecule has 49 heavy (non-hydrogen) atoms. The maximum Gasteiger partial charge on any atom is 0.313 e. The van der Waals surface area contributed by atoms with E-state index < -0.39 is 60.2 Å². The number of allylic oxidation sites excluding steroid dienone is 1. The summed E-state index contributed by atoms with van der Waals surface area (Å²) in [6.07, 6.45) is 5.17. The molecule has 0 radical (unpaired) electrons. The van der Waals surface area contributed by atoms with E-state index in [4.69, 9.17) is 9.47 Å². The van der Waals surface area contributed by atoms with E-state index in [1.165, 1.54) is 4.90 Å². The minimum absolute atomic E-state index is 0.0490. The lowest BCUT2D eigenvalue weighted by atomic mass is 9.70. The van der Waals surface area contributed by atoms with Crippen molar-refractivity contribution in [1.82, 2.24) is 15.1 Å². The Labute approximate surface area is 289 Å². The molecule has 0 aromatic heterocycles. The molecule has 3 aliphatic heterocycles. The molecule has 2 N–H and O–H groups in total. The molecule has 2 bridgehead atoms. The third kappa shape index (κ3) is 7.07. The predicted octanol–water partition coefficient (Wildman–Crippen LogP) is 4.66. The van der Waals surface area contributed by atoms with Gasteiger partial charge in [0.05, 0.1) is 37.1 Å². The largest absolute Gasteiger partial charge is 0.455 e. The summed E-state index contributed by atoms with van der Waals surface area (Å²) >= 11 is 0. The Bertz CT molecular complexity index is 1500. The second-order valence-corrected chi connectivity index (χ2v) is 13.3. The number of carbonyl (C=O) groups excluding carboxylic acids is 4. The number of carbonyl (C=O) groups is 4. The van der Waals surface area contributed by atoms with E-state index in [-0.39, 0.29) is 37.4 Å². The Balaban J connectivity index is 1.51. The van der Waals surface area contributed by atoms with Crippen LogP contribution in [0.5, 0.6) is 0 Å². The standard InChI is InChI=1S/C39H49N3O7/c1-5-8-20-32(44)40-24-31(28-18-13-10-14-19-28)48-38(47)33-30-21-22-39(49-30)34(33)36(45)42(29(25-43)27-16-11-9-12-17-27)35(39)37(46)41(23-7-3)26(4)15-6-2/h5,7,9-14,16-19,26,29-31,33-35,43H,1,3,6,8,15,20-25H2,2,4H3,(H,40,44)/t26?,29-,30+,31+,33-,34-,35+,39-/m1/s1. The first-order chi connectivity index (χ1) is 23.7. The molecule has 0 aliphatic carbocycles. The molecule has 10 heteroatoms. The van der Waals surface area contributed by atoms with Gasteiger partial charge in [-0.05, 0) is 43.7 Å². The lowest BCUT2D eigenvalue weighted by Crippen LogP contribution is -2.58. The predicted molar refractivity (Wildman–Crippen MR) is 185 cm³/mol. The van der Waals surface area contributed by atoms with Gasteiger partial charge in [0, 0.05) is 19.0 Å². The number of hydrogen-bond donors (Lipinski definition) is 2. The van der Waals surface area contributed by atoms with Gasteiger partial charge in [-0.1, -0.05) is 86.2 Å². The summed E-state index contributed by atoms with van der Waals surface area (Å²) in [5.41, 5.74) is 0.0897. The average Bonchev–Trinajstić information content (AvgIpc) is 3.76. The molecule has 5 rings (SSSR count). The van der Waals surface area contributed by atoms with Gasteiger partial charge in [0.2, 0.25) is 17.7 Å². The van der Waals surface area contributed by atoms with Crippen LogP contribution in [0.3, 0.4) is 0 Å². The van der Waals surface area contributed by atoms with Crippen LogP contribution in [-0.4, -0.2) is 82.1 Å². The maximum atomic E-state index is 14.8. The molecule has 3 fully saturated rings. The van der Waals surface area contributed by atoms with Crippen molar-refractivity contribution in [3.05, 3.63) is 97.1 Å². The molecule has 3 saturated heterocycles. The Kier molecular flexibility index (Phi) is 11.7. The minimum Gasteiger partial charge on any atom is -0.455 e. The average molecular weight is 672 g/mol. The van der Waals surface area contributed by atoms with Crippen molar-refractivity contribution in [1.29, 1.82) is 0 Å². The Morgan fingerprint density at radius 3 is 2.39 bits per heavy atom. The van der Waals surface area contributed by atoms with Gasteiger partial charge in [-0.25, -0.2) is 0 Å². The first kappa shape index (κ1) is 36.0. The van der Waals surface area contributed by atoms with Crippen LogP contribution in [0, 0.1) is 11.8 Å². The fourth-order valence-electron chi connectivity index (χ4n) is 8.00. The summed E-state index contributed by atoms with van der Waals surface area (Å²) in [6.45, 7) is 11.5. The van der Waals surface area contributed by atoms with Crippen molar-refractivity contribution < 1.29 is 33.8 Å². The number of fused-ring (bicyclic) bond motifs is 1. The fraction of sp³-hybridized carbons (Fsp3) is 0.487. The number of benzene rings is 2. The summed E-state index contributed by atoms with van der Waals surface area (Å²) < 4.78 is 12.8. The van der Waals surface area contributed by atoms with Crippen LogP contribution in [0.2, 0.25) is 0 Å². The van der Waals surface area contributed by atoms with Crippen molar-refractivity contribution in [2.45, 2.75) is 88.3 Å². The van der Waals surface area contributed by atoms with E-state index in [0.717, 1.165) is 12.8 Å². The summed E-state index contributed by atoms with van der Waals surface area (Å²) in [5, 5.41) is 13.7. The number of amides is 3. The monoisotopic (exact) mass is 671 g/mol. The van der Waals surface area contributed by atoms with E-state index in [1.54, 1.807) is 17.1 Å². The highest BCUT2D eigenvalue weighted by atomic mass is 16.6. The van der Waals surface area contributed by atoms with Crippen LogP contribution in [0.1, 0.15) is 75.6 Å². The number of rotatable bonds is 17. The third-order valence-corrected chi connectivity index (χ3v) is 10.3. The van der Waals surface area contributed by atoms with E-state index in [2.05, 4.69) is 25.4 Å². The summed E-state index contributed by atoms with van der Waals surface area (Å²) in [4.78, 5) is 59.6. The normalized spacial score (nSPS) is 25.6. The number of aliphatic hydroxyl groups is 1. The Morgan fingerprint density at radius 2 is 1.78 bits per heavy atom. The van der Waals surface area contributed by atoms with Gasteiger partial charge in [-0.15, -0.1) is 13.2 Å². The van der Waals surface area contributed by atoms with E-state index >= 15 is 0 Å². The van der Waals surface area contributed by atoms with Gasteiger partial charge in [0.25, 0.3) is 0 Å². The number of nitrogens with zero attached hydrogens (tertiary/aromatic N) is 2. The topological polar surface area (TPSA) is 125 Å². The number of nitrogens with one attached hydrogen (secondary N) is 1. The fourth-order valence-corrected chi connectivity index (χ4v) is 8.00. The lowest BCUT2D eigenvalue weighted by molar-refractivity contribution is -0.161. The van der Waals surface area contributed by atoms with Crippen LogP contribution >= 0.6 is 0 Å². The van der Waals surface area contributed by atoms with E-state index in [9.17, 15) is 24.3 Å². The van der Waals surface area contributed by atoms with E-state index in [1.807, 2.05) is 67.6 Å². The zero-order valence-electron chi connectivity index (χ0n) is 28.5. The number of aliphatic hydroxyl groups excluding tert-OH is 1. The van der Waals surface area contributed by atoms with E-state index in [0.29, 0.717) is 30.4 Å². The molecule has 8 atom stereocenters. The molecule has 3 amide bonds. The van der Waals surface area contributed by atoms with Crippen molar-refractivity contribution in [3.8, 4) is 0 Å². The van der Waals surface area contributed by atoms with Gasteiger partial charge in [0.15, 0.2) is 0 Å².